The minimum atomic E-state index is 0.0140. The Morgan fingerprint density at radius 1 is 1.14 bits per heavy atom. The molecule has 1 saturated heterocycles. The molecule has 0 saturated carbocycles. The van der Waals surface area contributed by atoms with E-state index in [0.29, 0.717) is 34.7 Å². The highest BCUT2D eigenvalue weighted by Crippen LogP contribution is 2.29. The minimum Gasteiger partial charge on any atom is -0.495 e. The van der Waals surface area contributed by atoms with Crippen molar-refractivity contribution in [1.29, 1.82) is 0 Å². The molecular weight excluding hydrogens is 401 g/mol. The van der Waals surface area contributed by atoms with Gasteiger partial charge in [-0.15, -0.1) is 0 Å². The summed E-state index contributed by atoms with van der Waals surface area (Å²) in [5.41, 5.74) is 1.65. The van der Waals surface area contributed by atoms with Crippen LogP contribution in [0.25, 0.3) is 11.0 Å². The van der Waals surface area contributed by atoms with E-state index in [1.54, 1.807) is 24.1 Å². The summed E-state index contributed by atoms with van der Waals surface area (Å²) in [6, 6.07) is 9.27. The van der Waals surface area contributed by atoms with Crippen molar-refractivity contribution in [2.75, 3.05) is 38.2 Å². The molecule has 1 aliphatic heterocycles. The molecule has 2 aromatic heterocycles. The SMILES string of the molecule is COc1cc(N2CCN(C(=O)Cn3ncc4ccc(Cl)nc43)CC2)ccc1Cl. The lowest BCUT2D eigenvalue weighted by Gasteiger charge is -2.36. The lowest BCUT2D eigenvalue weighted by Crippen LogP contribution is -2.49. The number of fused-ring (bicyclic) bond motifs is 1. The second kappa shape index (κ2) is 7.85. The fraction of sp³-hybridized carbons (Fsp3) is 0.316. The Morgan fingerprint density at radius 3 is 2.68 bits per heavy atom. The lowest BCUT2D eigenvalue weighted by molar-refractivity contribution is -0.132. The molecule has 9 heteroatoms. The van der Waals surface area contributed by atoms with Gasteiger partial charge in [-0.2, -0.15) is 5.10 Å². The number of carbonyl (C=O) groups is 1. The third kappa shape index (κ3) is 3.72. The van der Waals surface area contributed by atoms with Gasteiger partial charge in [-0.1, -0.05) is 23.2 Å². The maximum atomic E-state index is 12.7. The number of ether oxygens (including phenoxy) is 1. The van der Waals surface area contributed by atoms with Crippen LogP contribution < -0.4 is 9.64 Å². The third-order valence-corrected chi connectivity index (χ3v) is 5.39. The van der Waals surface area contributed by atoms with Crippen LogP contribution in [0.15, 0.2) is 36.5 Å². The average molecular weight is 420 g/mol. The Balaban J connectivity index is 1.40. The Morgan fingerprint density at radius 2 is 1.93 bits per heavy atom. The van der Waals surface area contributed by atoms with E-state index in [1.165, 1.54) is 0 Å². The molecule has 0 unspecified atom stereocenters. The van der Waals surface area contributed by atoms with Gasteiger partial charge in [0.1, 0.15) is 17.4 Å². The van der Waals surface area contributed by atoms with Crippen LogP contribution in [0, 0.1) is 0 Å². The van der Waals surface area contributed by atoms with E-state index < -0.39 is 0 Å². The number of anilines is 1. The van der Waals surface area contributed by atoms with Crippen molar-refractivity contribution in [2.45, 2.75) is 6.54 Å². The quantitative estimate of drug-likeness (QED) is 0.607. The van der Waals surface area contributed by atoms with Gasteiger partial charge in [0, 0.05) is 43.3 Å². The zero-order chi connectivity index (χ0) is 19.7. The molecule has 0 aliphatic carbocycles. The second-order valence-electron chi connectivity index (χ2n) is 6.54. The van der Waals surface area contributed by atoms with Gasteiger partial charge in [-0.25, -0.2) is 9.67 Å². The van der Waals surface area contributed by atoms with Crippen LogP contribution in [0.5, 0.6) is 5.75 Å². The minimum absolute atomic E-state index is 0.0140. The largest absolute Gasteiger partial charge is 0.495 e. The molecule has 0 atom stereocenters. The molecule has 7 nitrogen and oxygen atoms in total. The van der Waals surface area contributed by atoms with Crippen LogP contribution in [0.2, 0.25) is 10.2 Å². The number of rotatable bonds is 4. The zero-order valence-corrected chi connectivity index (χ0v) is 16.8. The smallest absolute Gasteiger partial charge is 0.244 e. The normalized spacial score (nSPS) is 14.5. The van der Waals surface area contributed by atoms with Crippen molar-refractivity contribution in [1.82, 2.24) is 19.7 Å². The molecule has 28 heavy (non-hydrogen) atoms. The van der Waals surface area contributed by atoms with Gasteiger partial charge in [0.15, 0.2) is 5.65 Å². The van der Waals surface area contributed by atoms with E-state index in [1.807, 2.05) is 29.2 Å². The van der Waals surface area contributed by atoms with Gasteiger partial charge in [-0.3, -0.25) is 4.79 Å². The van der Waals surface area contributed by atoms with Crippen molar-refractivity contribution in [3.05, 3.63) is 46.7 Å². The van der Waals surface area contributed by atoms with Crippen molar-refractivity contribution >= 4 is 45.8 Å². The van der Waals surface area contributed by atoms with Crippen LogP contribution in [0.4, 0.5) is 5.69 Å². The number of methoxy groups -OCH3 is 1. The third-order valence-electron chi connectivity index (χ3n) is 4.87. The summed E-state index contributed by atoms with van der Waals surface area (Å²) < 4.78 is 6.89. The number of benzene rings is 1. The number of pyridine rings is 1. The molecule has 1 aromatic carbocycles. The highest BCUT2D eigenvalue weighted by atomic mass is 35.5. The second-order valence-corrected chi connectivity index (χ2v) is 7.33. The summed E-state index contributed by atoms with van der Waals surface area (Å²) in [5.74, 6) is 0.662. The monoisotopic (exact) mass is 419 g/mol. The maximum Gasteiger partial charge on any atom is 0.244 e. The number of hydrogen-bond donors (Lipinski definition) is 0. The number of carbonyl (C=O) groups excluding carboxylic acids is 1. The Labute approximate surface area is 172 Å². The van der Waals surface area contributed by atoms with Crippen LogP contribution in [-0.2, 0) is 11.3 Å². The van der Waals surface area contributed by atoms with Crippen LogP contribution in [0.3, 0.4) is 0 Å². The summed E-state index contributed by atoms with van der Waals surface area (Å²) >= 11 is 12.1. The molecular formula is C19H19Cl2N5O2. The van der Waals surface area contributed by atoms with Crippen LogP contribution in [0.1, 0.15) is 0 Å². The zero-order valence-electron chi connectivity index (χ0n) is 15.3. The topological polar surface area (TPSA) is 63.5 Å². The summed E-state index contributed by atoms with van der Waals surface area (Å²) in [6.07, 6.45) is 1.69. The molecule has 4 rings (SSSR count). The summed E-state index contributed by atoms with van der Waals surface area (Å²) in [5, 5.41) is 6.10. The summed E-state index contributed by atoms with van der Waals surface area (Å²) in [6.45, 7) is 2.89. The van der Waals surface area contributed by atoms with Gasteiger partial charge in [0.05, 0.1) is 18.3 Å². The molecule has 146 valence electrons. The first-order chi connectivity index (χ1) is 13.5. The molecule has 1 fully saturated rings. The number of hydrogen-bond acceptors (Lipinski definition) is 5. The Kier molecular flexibility index (Phi) is 5.28. The average Bonchev–Trinajstić information content (AvgIpc) is 3.10. The molecule has 0 N–H and O–H groups in total. The Bertz CT molecular complexity index is 1010. The van der Waals surface area contributed by atoms with E-state index in [9.17, 15) is 4.79 Å². The number of halogens is 2. The van der Waals surface area contributed by atoms with E-state index in [2.05, 4.69) is 15.0 Å². The van der Waals surface area contributed by atoms with Crippen molar-refractivity contribution < 1.29 is 9.53 Å². The predicted molar refractivity (Wildman–Crippen MR) is 109 cm³/mol. The fourth-order valence-corrected chi connectivity index (χ4v) is 3.67. The van der Waals surface area contributed by atoms with Crippen molar-refractivity contribution in [2.24, 2.45) is 0 Å². The number of piperazine rings is 1. The first-order valence-electron chi connectivity index (χ1n) is 8.89. The van der Waals surface area contributed by atoms with Gasteiger partial charge < -0.3 is 14.5 Å². The fourth-order valence-electron chi connectivity index (χ4n) is 3.33. The molecule has 3 aromatic rings. The van der Waals surface area contributed by atoms with Gasteiger partial charge in [0.2, 0.25) is 5.91 Å². The van der Waals surface area contributed by atoms with E-state index in [-0.39, 0.29) is 12.5 Å². The number of amides is 1. The number of aromatic nitrogens is 3. The summed E-state index contributed by atoms with van der Waals surface area (Å²) in [4.78, 5) is 21.1. The first kappa shape index (κ1) is 18.8. The van der Waals surface area contributed by atoms with Crippen molar-refractivity contribution in [3.8, 4) is 5.75 Å². The standard InChI is InChI=1S/C19H19Cl2N5O2/c1-28-16-10-14(3-4-15(16)20)24-6-8-25(9-7-24)18(27)12-26-19-13(11-22-26)2-5-17(21)23-19/h2-5,10-11H,6-9,12H2,1H3. The maximum absolute atomic E-state index is 12.7. The lowest BCUT2D eigenvalue weighted by atomic mass is 10.2. The molecule has 0 radical (unpaired) electrons. The summed E-state index contributed by atoms with van der Waals surface area (Å²) in [7, 11) is 1.60. The highest BCUT2D eigenvalue weighted by Gasteiger charge is 2.23. The van der Waals surface area contributed by atoms with Gasteiger partial charge in [-0.05, 0) is 24.3 Å². The number of nitrogens with zero attached hydrogens (tertiary/aromatic N) is 5. The van der Waals surface area contributed by atoms with Gasteiger partial charge >= 0.3 is 0 Å². The molecule has 0 spiro atoms. The molecule has 1 amide bonds. The van der Waals surface area contributed by atoms with Crippen LogP contribution in [-0.4, -0.2) is 58.9 Å². The molecule has 0 bridgehead atoms. The Hall–Kier alpha value is -2.51. The van der Waals surface area contributed by atoms with Crippen LogP contribution >= 0.6 is 23.2 Å². The van der Waals surface area contributed by atoms with Crippen molar-refractivity contribution in [3.63, 3.8) is 0 Å². The van der Waals surface area contributed by atoms with E-state index in [0.717, 1.165) is 24.2 Å². The first-order valence-corrected chi connectivity index (χ1v) is 9.65. The molecule has 3 heterocycles. The predicted octanol–water partition coefficient (Wildman–Crippen LogP) is 3.10. The van der Waals surface area contributed by atoms with Gasteiger partial charge in [0.25, 0.3) is 0 Å². The van der Waals surface area contributed by atoms with E-state index >= 15 is 0 Å². The molecule has 1 aliphatic rings. The highest BCUT2D eigenvalue weighted by molar-refractivity contribution is 6.32. The van der Waals surface area contributed by atoms with E-state index in [4.69, 9.17) is 27.9 Å².